The topological polar surface area (TPSA) is 62.7 Å². The van der Waals surface area contributed by atoms with Crippen molar-refractivity contribution >= 4 is 21.4 Å². The third-order valence-electron chi connectivity index (χ3n) is 4.85. The normalized spacial score (nSPS) is 27.8. The van der Waals surface area contributed by atoms with E-state index in [1.807, 2.05) is 6.07 Å². The predicted octanol–water partition coefficient (Wildman–Crippen LogP) is 1.24. The van der Waals surface area contributed by atoms with Crippen LogP contribution in [0.3, 0.4) is 0 Å². The molecular formula is C15H21N3O3S. The summed E-state index contributed by atoms with van der Waals surface area (Å²) in [5, 5.41) is 0. The van der Waals surface area contributed by atoms with Gasteiger partial charge in [0.05, 0.1) is 36.0 Å². The molecule has 4 rings (SSSR count). The fraction of sp³-hybridized carbons (Fsp3) is 0.667. The van der Waals surface area contributed by atoms with E-state index in [0.717, 1.165) is 50.3 Å². The summed E-state index contributed by atoms with van der Waals surface area (Å²) in [6.07, 6.45) is 6.24. The van der Waals surface area contributed by atoms with E-state index >= 15 is 0 Å². The first-order valence-corrected chi connectivity index (χ1v) is 9.55. The van der Waals surface area contributed by atoms with Gasteiger partial charge in [-0.1, -0.05) is 0 Å². The van der Waals surface area contributed by atoms with Gasteiger partial charge in [-0.15, -0.1) is 0 Å². The zero-order valence-corrected chi connectivity index (χ0v) is 13.3. The second kappa shape index (κ2) is 5.38. The maximum Gasteiger partial charge on any atom is 0.235 e. The lowest BCUT2D eigenvalue weighted by atomic mass is 10.1. The molecule has 2 fully saturated rings. The van der Waals surface area contributed by atoms with E-state index in [2.05, 4.69) is 9.88 Å². The summed E-state index contributed by atoms with van der Waals surface area (Å²) in [6.45, 7) is 3.00. The molecule has 4 heterocycles. The van der Waals surface area contributed by atoms with Crippen LogP contribution in [0.1, 0.15) is 19.3 Å². The molecule has 3 aliphatic rings. The van der Waals surface area contributed by atoms with Crippen molar-refractivity contribution in [3.05, 3.63) is 18.5 Å². The van der Waals surface area contributed by atoms with Crippen molar-refractivity contribution in [2.24, 2.45) is 5.92 Å². The van der Waals surface area contributed by atoms with Crippen LogP contribution in [-0.2, 0) is 14.8 Å². The van der Waals surface area contributed by atoms with Crippen LogP contribution < -0.4 is 9.21 Å². The highest BCUT2D eigenvalue weighted by atomic mass is 32.2. The summed E-state index contributed by atoms with van der Waals surface area (Å²) in [7, 11) is -3.33. The Balaban J connectivity index is 1.66. The van der Waals surface area contributed by atoms with Crippen molar-refractivity contribution in [1.82, 2.24) is 4.98 Å². The Morgan fingerprint density at radius 2 is 2.23 bits per heavy atom. The van der Waals surface area contributed by atoms with Crippen molar-refractivity contribution in [2.75, 3.05) is 41.3 Å². The molecule has 0 saturated carbocycles. The number of ether oxygens (including phenoxy) is 1. The Labute approximate surface area is 131 Å². The molecule has 120 valence electrons. The quantitative estimate of drug-likeness (QED) is 0.837. The minimum Gasteiger partial charge on any atom is -0.381 e. The van der Waals surface area contributed by atoms with Crippen LogP contribution >= 0.6 is 0 Å². The summed E-state index contributed by atoms with van der Waals surface area (Å²) >= 11 is 0. The minimum atomic E-state index is -3.33. The van der Waals surface area contributed by atoms with Gasteiger partial charge >= 0.3 is 0 Å². The van der Waals surface area contributed by atoms with Gasteiger partial charge in [-0.3, -0.25) is 9.29 Å². The van der Waals surface area contributed by atoms with Crippen LogP contribution in [0.25, 0.3) is 0 Å². The molecule has 2 unspecified atom stereocenters. The summed E-state index contributed by atoms with van der Waals surface area (Å²) in [5.41, 5.74) is 1.74. The Bertz CT molecular complexity index is 658. The largest absolute Gasteiger partial charge is 0.381 e. The molecule has 2 atom stereocenters. The van der Waals surface area contributed by atoms with Crippen molar-refractivity contribution in [3.63, 3.8) is 0 Å². The first kappa shape index (κ1) is 14.3. The molecule has 1 aromatic heterocycles. The van der Waals surface area contributed by atoms with E-state index in [9.17, 15) is 8.42 Å². The van der Waals surface area contributed by atoms with Gasteiger partial charge in [0.15, 0.2) is 0 Å². The van der Waals surface area contributed by atoms with E-state index in [0.29, 0.717) is 6.61 Å². The van der Waals surface area contributed by atoms with Gasteiger partial charge in [0.1, 0.15) is 0 Å². The molecule has 0 radical (unpaired) electrons. The predicted molar refractivity (Wildman–Crippen MR) is 84.7 cm³/mol. The summed E-state index contributed by atoms with van der Waals surface area (Å²) in [5.74, 6) is 0.300. The molecule has 2 saturated heterocycles. The Morgan fingerprint density at radius 1 is 1.32 bits per heavy atom. The van der Waals surface area contributed by atoms with Crippen LogP contribution in [0.15, 0.2) is 18.5 Å². The maximum atomic E-state index is 13.0. The number of fused-ring (bicyclic) bond motifs is 4. The molecule has 0 amide bonds. The Morgan fingerprint density at radius 3 is 3.05 bits per heavy atom. The molecule has 0 N–H and O–H groups in total. The molecule has 7 heteroatoms. The van der Waals surface area contributed by atoms with E-state index in [4.69, 9.17) is 4.74 Å². The number of sulfonamides is 1. The lowest BCUT2D eigenvalue weighted by Crippen LogP contribution is -2.48. The zero-order valence-electron chi connectivity index (χ0n) is 12.5. The number of hydrogen-bond donors (Lipinski definition) is 0. The number of pyridine rings is 1. The average molecular weight is 323 g/mol. The number of anilines is 2. The van der Waals surface area contributed by atoms with Crippen LogP contribution in [0.4, 0.5) is 11.4 Å². The smallest absolute Gasteiger partial charge is 0.235 e. The fourth-order valence-electron chi connectivity index (χ4n) is 3.85. The van der Waals surface area contributed by atoms with Gasteiger partial charge in [-0.25, -0.2) is 8.42 Å². The molecule has 1 aromatic rings. The van der Waals surface area contributed by atoms with Crippen LogP contribution in [0.5, 0.6) is 0 Å². The highest BCUT2D eigenvalue weighted by molar-refractivity contribution is 7.92. The standard InChI is InChI=1S/C15H21N3O3S/c19-22(20,11-12-2-1-7-21-10-12)18-13-4-6-17(9-13)15-8-16-5-3-14(15)18/h3,5,8,12-13H,1-2,4,6-7,9-11H2. The molecular weight excluding hydrogens is 302 g/mol. The zero-order chi connectivity index (χ0) is 15.2. The molecule has 3 aliphatic heterocycles. The maximum absolute atomic E-state index is 13.0. The summed E-state index contributed by atoms with van der Waals surface area (Å²) in [4.78, 5) is 6.40. The second-order valence-electron chi connectivity index (χ2n) is 6.41. The lowest BCUT2D eigenvalue weighted by molar-refractivity contribution is 0.0626. The monoisotopic (exact) mass is 323 g/mol. The summed E-state index contributed by atoms with van der Waals surface area (Å²) < 4.78 is 33.2. The fourth-order valence-corrected chi connectivity index (χ4v) is 5.95. The molecule has 6 nitrogen and oxygen atoms in total. The molecule has 0 aromatic carbocycles. The third kappa shape index (κ3) is 2.36. The molecule has 0 aliphatic carbocycles. The van der Waals surface area contributed by atoms with Crippen LogP contribution in [0.2, 0.25) is 0 Å². The van der Waals surface area contributed by atoms with Gasteiger partial charge in [-0.2, -0.15) is 0 Å². The molecule has 22 heavy (non-hydrogen) atoms. The first-order valence-electron chi connectivity index (χ1n) is 7.94. The third-order valence-corrected chi connectivity index (χ3v) is 6.84. The second-order valence-corrected chi connectivity index (χ2v) is 8.30. The van der Waals surface area contributed by atoms with E-state index < -0.39 is 10.0 Å². The average Bonchev–Trinajstić information content (AvgIpc) is 2.92. The van der Waals surface area contributed by atoms with Crippen molar-refractivity contribution < 1.29 is 13.2 Å². The van der Waals surface area contributed by atoms with Gasteiger partial charge in [0.25, 0.3) is 0 Å². The number of nitrogens with zero attached hydrogens (tertiary/aromatic N) is 3. The highest BCUT2D eigenvalue weighted by Gasteiger charge is 2.42. The van der Waals surface area contributed by atoms with Crippen molar-refractivity contribution in [2.45, 2.75) is 25.3 Å². The van der Waals surface area contributed by atoms with E-state index in [1.54, 1.807) is 16.7 Å². The summed E-state index contributed by atoms with van der Waals surface area (Å²) in [6, 6.07) is 1.89. The van der Waals surface area contributed by atoms with Gasteiger partial charge in [-0.05, 0) is 31.2 Å². The van der Waals surface area contributed by atoms with Crippen LogP contribution in [-0.4, -0.2) is 51.5 Å². The van der Waals surface area contributed by atoms with Gasteiger partial charge in [0, 0.05) is 25.9 Å². The molecule has 0 spiro atoms. The minimum absolute atomic E-state index is 0.0596. The van der Waals surface area contributed by atoms with E-state index in [1.165, 1.54) is 0 Å². The lowest BCUT2D eigenvalue weighted by Gasteiger charge is -2.38. The number of rotatable bonds is 3. The SMILES string of the molecule is O=S(=O)(CC1CCCOC1)N1c2ccncc2N2CCC1C2. The Kier molecular flexibility index (Phi) is 3.49. The first-order chi connectivity index (χ1) is 10.6. The number of aromatic nitrogens is 1. The van der Waals surface area contributed by atoms with Gasteiger partial charge < -0.3 is 9.64 Å². The van der Waals surface area contributed by atoms with E-state index in [-0.39, 0.29) is 17.7 Å². The highest BCUT2D eigenvalue weighted by Crippen LogP contribution is 2.41. The van der Waals surface area contributed by atoms with Crippen molar-refractivity contribution in [3.8, 4) is 0 Å². The van der Waals surface area contributed by atoms with Gasteiger partial charge in [0.2, 0.25) is 10.0 Å². The Hall–Kier alpha value is -1.34. The van der Waals surface area contributed by atoms with Crippen molar-refractivity contribution in [1.29, 1.82) is 0 Å². The van der Waals surface area contributed by atoms with Crippen LogP contribution in [0, 0.1) is 5.92 Å². The number of hydrogen-bond acceptors (Lipinski definition) is 5. The molecule has 2 bridgehead atoms.